The first-order valence-electron chi connectivity index (χ1n) is 6.26. The van der Waals surface area contributed by atoms with E-state index in [1.807, 2.05) is 30.3 Å². The standard InChI is InChI=1S/C15H16F2N2O/c16-13-7-11(18)8-14(17)15(13)19-12(9-20)6-10-4-2-1-3-5-10/h1-5,7-8,12,19-20H,6,9,18H2. The van der Waals surface area contributed by atoms with Crippen LogP contribution < -0.4 is 11.1 Å². The van der Waals surface area contributed by atoms with Gasteiger partial charge >= 0.3 is 0 Å². The minimum atomic E-state index is -0.769. The van der Waals surface area contributed by atoms with Crippen LogP contribution in [0.5, 0.6) is 0 Å². The Hall–Kier alpha value is -2.14. The van der Waals surface area contributed by atoms with Crippen LogP contribution in [0.25, 0.3) is 0 Å². The molecule has 2 aromatic carbocycles. The van der Waals surface area contributed by atoms with Crippen molar-refractivity contribution < 1.29 is 13.9 Å². The number of benzene rings is 2. The van der Waals surface area contributed by atoms with Crippen LogP contribution in [0.15, 0.2) is 42.5 Å². The van der Waals surface area contributed by atoms with Gasteiger partial charge in [0.2, 0.25) is 0 Å². The van der Waals surface area contributed by atoms with Gasteiger partial charge in [0.15, 0.2) is 11.6 Å². The summed E-state index contributed by atoms with van der Waals surface area (Å²) in [5.74, 6) is -1.54. The average Bonchev–Trinajstić information content (AvgIpc) is 2.42. The third-order valence-corrected chi connectivity index (χ3v) is 2.96. The van der Waals surface area contributed by atoms with Gasteiger partial charge in [-0.05, 0) is 24.1 Å². The van der Waals surface area contributed by atoms with Crippen molar-refractivity contribution in [1.82, 2.24) is 0 Å². The lowest BCUT2D eigenvalue weighted by Crippen LogP contribution is -2.27. The van der Waals surface area contributed by atoms with Crippen LogP contribution in [-0.2, 0) is 6.42 Å². The number of aliphatic hydroxyl groups is 1. The smallest absolute Gasteiger partial charge is 0.151 e. The Labute approximate surface area is 116 Å². The summed E-state index contributed by atoms with van der Waals surface area (Å²) in [5.41, 5.74) is 6.08. The molecule has 0 heterocycles. The molecule has 0 fully saturated rings. The Morgan fingerprint density at radius 2 is 1.70 bits per heavy atom. The molecule has 4 N–H and O–H groups in total. The third-order valence-electron chi connectivity index (χ3n) is 2.96. The molecule has 0 saturated carbocycles. The molecule has 0 radical (unpaired) electrons. The summed E-state index contributed by atoms with van der Waals surface area (Å²) in [5, 5.41) is 12.0. The highest BCUT2D eigenvalue weighted by Crippen LogP contribution is 2.23. The molecular weight excluding hydrogens is 262 g/mol. The van der Waals surface area contributed by atoms with E-state index in [1.165, 1.54) is 0 Å². The van der Waals surface area contributed by atoms with E-state index in [4.69, 9.17) is 5.73 Å². The first kappa shape index (κ1) is 14.3. The summed E-state index contributed by atoms with van der Waals surface area (Å²) in [6.45, 7) is -0.238. The van der Waals surface area contributed by atoms with Gasteiger partial charge in [-0.25, -0.2) is 8.78 Å². The summed E-state index contributed by atoms with van der Waals surface area (Å²) in [4.78, 5) is 0. The zero-order valence-corrected chi connectivity index (χ0v) is 10.8. The van der Waals surface area contributed by atoms with Crippen LogP contribution in [0.4, 0.5) is 20.2 Å². The van der Waals surface area contributed by atoms with Gasteiger partial charge in [0.25, 0.3) is 0 Å². The first-order valence-corrected chi connectivity index (χ1v) is 6.26. The number of nitrogens with one attached hydrogen (secondary N) is 1. The molecule has 0 aromatic heterocycles. The van der Waals surface area contributed by atoms with Gasteiger partial charge < -0.3 is 16.2 Å². The Morgan fingerprint density at radius 1 is 1.10 bits per heavy atom. The lowest BCUT2D eigenvalue weighted by molar-refractivity contribution is 0.273. The van der Waals surface area contributed by atoms with Crippen LogP contribution in [0.2, 0.25) is 0 Å². The zero-order chi connectivity index (χ0) is 14.5. The Bertz CT molecular complexity index is 552. The zero-order valence-electron chi connectivity index (χ0n) is 10.8. The average molecular weight is 278 g/mol. The van der Waals surface area contributed by atoms with Crippen LogP contribution in [-0.4, -0.2) is 17.8 Å². The van der Waals surface area contributed by atoms with Gasteiger partial charge in [0.05, 0.1) is 12.6 Å². The van der Waals surface area contributed by atoms with Crippen molar-refractivity contribution in [3.05, 3.63) is 59.7 Å². The lowest BCUT2D eigenvalue weighted by Gasteiger charge is -2.19. The Kier molecular flexibility index (Phi) is 4.53. The molecule has 2 rings (SSSR count). The largest absolute Gasteiger partial charge is 0.399 e. The van der Waals surface area contributed by atoms with E-state index >= 15 is 0 Å². The molecule has 20 heavy (non-hydrogen) atoms. The number of hydrogen-bond acceptors (Lipinski definition) is 3. The van der Waals surface area contributed by atoms with Crippen molar-refractivity contribution in [3.8, 4) is 0 Å². The van der Waals surface area contributed by atoms with E-state index in [0.29, 0.717) is 6.42 Å². The molecule has 2 aromatic rings. The third kappa shape index (κ3) is 3.45. The Balaban J connectivity index is 2.15. The van der Waals surface area contributed by atoms with Crippen molar-refractivity contribution in [3.63, 3.8) is 0 Å². The molecule has 0 aliphatic heterocycles. The second kappa shape index (κ2) is 6.34. The van der Waals surface area contributed by atoms with Crippen LogP contribution >= 0.6 is 0 Å². The summed E-state index contributed by atoms with van der Waals surface area (Å²) >= 11 is 0. The molecule has 1 atom stereocenters. The summed E-state index contributed by atoms with van der Waals surface area (Å²) < 4.78 is 27.4. The highest BCUT2D eigenvalue weighted by molar-refractivity contribution is 5.54. The summed E-state index contributed by atoms with van der Waals surface area (Å²) in [6, 6.07) is 11.0. The fourth-order valence-corrected chi connectivity index (χ4v) is 1.99. The normalized spacial score (nSPS) is 12.2. The van der Waals surface area contributed by atoms with Crippen LogP contribution in [0.1, 0.15) is 5.56 Å². The molecular formula is C15H16F2N2O. The minimum Gasteiger partial charge on any atom is -0.399 e. The number of aliphatic hydroxyl groups excluding tert-OH is 1. The van der Waals surface area contributed by atoms with Crippen LogP contribution in [0, 0.1) is 11.6 Å². The van der Waals surface area contributed by atoms with Crippen molar-refractivity contribution in [1.29, 1.82) is 0 Å². The number of halogens is 2. The second-order valence-electron chi connectivity index (χ2n) is 4.57. The van der Waals surface area contributed by atoms with Gasteiger partial charge in [0.1, 0.15) is 5.69 Å². The van der Waals surface area contributed by atoms with Crippen molar-refractivity contribution in [2.24, 2.45) is 0 Å². The lowest BCUT2D eigenvalue weighted by atomic mass is 10.1. The quantitative estimate of drug-likeness (QED) is 0.737. The van der Waals surface area contributed by atoms with E-state index < -0.39 is 17.7 Å². The van der Waals surface area contributed by atoms with E-state index in [2.05, 4.69) is 5.32 Å². The van der Waals surface area contributed by atoms with E-state index in [-0.39, 0.29) is 18.0 Å². The van der Waals surface area contributed by atoms with Gasteiger partial charge in [-0.2, -0.15) is 0 Å². The van der Waals surface area contributed by atoms with Gasteiger partial charge in [-0.3, -0.25) is 0 Å². The topological polar surface area (TPSA) is 58.3 Å². The Morgan fingerprint density at radius 3 is 2.25 bits per heavy atom. The van der Waals surface area contributed by atoms with Crippen LogP contribution in [0.3, 0.4) is 0 Å². The van der Waals surface area contributed by atoms with E-state index in [0.717, 1.165) is 17.7 Å². The number of anilines is 2. The number of nitrogen functional groups attached to an aromatic ring is 1. The molecule has 1 unspecified atom stereocenters. The summed E-state index contributed by atoms with van der Waals surface area (Å²) in [6.07, 6.45) is 0.459. The van der Waals surface area contributed by atoms with Crippen molar-refractivity contribution >= 4 is 11.4 Å². The second-order valence-corrected chi connectivity index (χ2v) is 4.57. The molecule has 0 spiro atoms. The molecule has 3 nitrogen and oxygen atoms in total. The molecule has 0 aliphatic rings. The van der Waals surface area contributed by atoms with Gasteiger partial charge in [0, 0.05) is 5.69 Å². The fraction of sp³-hybridized carbons (Fsp3) is 0.200. The predicted octanol–water partition coefficient (Wildman–Crippen LogP) is 2.56. The highest BCUT2D eigenvalue weighted by atomic mass is 19.1. The van der Waals surface area contributed by atoms with E-state index in [9.17, 15) is 13.9 Å². The SMILES string of the molecule is Nc1cc(F)c(NC(CO)Cc2ccccc2)c(F)c1. The number of nitrogens with two attached hydrogens (primary N) is 1. The van der Waals surface area contributed by atoms with Crippen molar-refractivity contribution in [2.45, 2.75) is 12.5 Å². The highest BCUT2D eigenvalue weighted by Gasteiger charge is 2.15. The molecule has 0 saturated heterocycles. The maximum Gasteiger partial charge on any atom is 0.151 e. The summed E-state index contributed by atoms with van der Waals surface area (Å²) in [7, 11) is 0. The fourth-order valence-electron chi connectivity index (χ4n) is 1.99. The number of rotatable bonds is 5. The van der Waals surface area contributed by atoms with Crippen molar-refractivity contribution in [2.75, 3.05) is 17.7 Å². The van der Waals surface area contributed by atoms with Gasteiger partial charge in [-0.15, -0.1) is 0 Å². The first-order chi connectivity index (χ1) is 9.60. The maximum atomic E-state index is 13.7. The maximum absolute atomic E-state index is 13.7. The monoisotopic (exact) mass is 278 g/mol. The minimum absolute atomic E-state index is 0.0224. The molecule has 0 amide bonds. The predicted molar refractivity (Wildman–Crippen MR) is 75.4 cm³/mol. The number of hydrogen-bond donors (Lipinski definition) is 3. The molecule has 0 bridgehead atoms. The molecule has 5 heteroatoms. The molecule has 0 aliphatic carbocycles. The van der Waals surface area contributed by atoms with E-state index in [1.54, 1.807) is 0 Å². The molecule has 106 valence electrons. The van der Waals surface area contributed by atoms with Gasteiger partial charge in [-0.1, -0.05) is 30.3 Å².